The molecule has 1 atom stereocenters. The molecule has 9 heteroatoms. The van der Waals surface area contributed by atoms with Crippen LogP contribution < -0.4 is 4.90 Å². The number of H-pyrrole nitrogens is 1. The fraction of sp³-hybridized carbons (Fsp3) is 0.333. The third kappa shape index (κ3) is 4.13. The van der Waals surface area contributed by atoms with E-state index in [9.17, 15) is 9.00 Å². The molecule has 0 amide bonds. The second-order valence-corrected chi connectivity index (χ2v) is 7.17. The minimum atomic E-state index is -1.44. The molecule has 8 nitrogen and oxygen atoms in total. The van der Waals surface area contributed by atoms with Gasteiger partial charge < -0.3 is 14.6 Å². The molecule has 0 saturated heterocycles. The fourth-order valence-corrected chi connectivity index (χ4v) is 3.43. The van der Waals surface area contributed by atoms with Crippen LogP contribution in [0.25, 0.3) is 11.0 Å². The Morgan fingerprint density at radius 3 is 2.74 bits per heavy atom. The van der Waals surface area contributed by atoms with E-state index >= 15 is 0 Å². The molecule has 1 N–H and O–H groups in total. The van der Waals surface area contributed by atoms with Crippen molar-refractivity contribution in [2.75, 3.05) is 25.1 Å². The highest BCUT2D eigenvalue weighted by Crippen LogP contribution is 2.19. The standard InChI is InChI=1S/C18H21N5O3S/c1-4-23(3)16-12(17(24)26-5-2)10-19-15(22-16)11-27(25)18-20-13-8-6-7-9-14(13)21-18/h6-10H,4-5,11H2,1-3H3,(H,20,21). The molecule has 0 saturated carbocycles. The Labute approximate surface area is 159 Å². The van der Waals surface area contributed by atoms with Crippen LogP contribution in [0.3, 0.4) is 0 Å². The molecular formula is C18H21N5O3S. The molecule has 0 aliphatic rings. The number of benzene rings is 1. The lowest BCUT2D eigenvalue weighted by molar-refractivity contribution is 0.0526. The average Bonchev–Trinajstić information content (AvgIpc) is 3.12. The average molecular weight is 387 g/mol. The summed E-state index contributed by atoms with van der Waals surface area (Å²) in [5, 5.41) is 0.375. The molecule has 1 aromatic carbocycles. The molecule has 142 valence electrons. The number of para-hydroxylation sites is 2. The van der Waals surface area contributed by atoms with Crippen molar-refractivity contribution in [1.82, 2.24) is 19.9 Å². The summed E-state index contributed by atoms with van der Waals surface area (Å²) in [4.78, 5) is 30.0. The summed E-state index contributed by atoms with van der Waals surface area (Å²) in [6.07, 6.45) is 1.43. The van der Waals surface area contributed by atoms with Gasteiger partial charge >= 0.3 is 5.97 Å². The van der Waals surface area contributed by atoms with Crippen molar-refractivity contribution >= 4 is 33.6 Å². The third-order valence-electron chi connectivity index (χ3n) is 3.99. The minimum absolute atomic E-state index is 0.0908. The first-order chi connectivity index (χ1) is 13.0. The molecule has 2 heterocycles. The maximum absolute atomic E-state index is 12.7. The summed E-state index contributed by atoms with van der Waals surface area (Å²) in [6, 6.07) is 7.49. The number of imidazole rings is 1. The number of aromatic nitrogens is 4. The van der Waals surface area contributed by atoms with Crippen LogP contribution in [0.4, 0.5) is 5.82 Å². The van der Waals surface area contributed by atoms with Gasteiger partial charge in [0, 0.05) is 19.8 Å². The Bertz CT molecular complexity index is 955. The van der Waals surface area contributed by atoms with Gasteiger partial charge in [0.2, 0.25) is 0 Å². The number of hydrogen-bond donors (Lipinski definition) is 1. The number of aromatic amines is 1. The summed E-state index contributed by atoms with van der Waals surface area (Å²) in [5.74, 6) is 0.450. The van der Waals surface area contributed by atoms with Gasteiger partial charge in [0.05, 0.1) is 34.2 Å². The van der Waals surface area contributed by atoms with E-state index in [1.807, 2.05) is 43.1 Å². The first-order valence-corrected chi connectivity index (χ1v) is 9.92. The monoisotopic (exact) mass is 387 g/mol. The molecule has 0 spiro atoms. The van der Waals surface area contributed by atoms with Crippen LogP contribution in [0.5, 0.6) is 0 Å². The number of carbonyl (C=O) groups is 1. The number of fused-ring (bicyclic) bond motifs is 1. The zero-order valence-electron chi connectivity index (χ0n) is 15.4. The van der Waals surface area contributed by atoms with Crippen LogP contribution in [0.2, 0.25) is 0 Å². The van der Waals surface area contributed by atoms with E-state index in [-0.39, 0.29) is 12.4 Å². The van der Waals surface area contributed by atoms with E-state index in [2.05, 4.69) is 19.9 Å². The number of nitrogens with zero attached hydrogens (tertiary/aromatic N) is 4. The van der Waals surface area contributed by atoms with E-state index in [0.717, 1.165) is 11.0 Å². The number of carbonyl (C=O) groups excluding carboxylic acids is 1. The molecular weight excluding hydrogens is 366 g/mol. The lowest BCUT2D eigenvalue weighted by Crippen LogP contribution is -2.23. The van der Waals surface area contributed by atoms with Gasteiger partial charge in [-0.1, -0.05) is 12.1 Å². The van der Waals surface area contributed by atoms with Crippen molar-refractivity contribution in [3.63, 3.8) is 0 Å². The zero-order chi connectivity index (χ0) is 19.4. The number of ether oxygens (including phenoxy) is 1. The molecule has 0 radical (unpaired) electrons. The number of rotatable bonds is 7. The predicted molar refractivity (Wildman–Crippen MR) is 103 cm³/mol. The van der Waals surface area contributed by atoms with Gasteiger partial charge in [-0.05, 0) is 26.0 Å². The lowest BCUT2D eigenvalue weighted by atomic mass is 10.3. The fourth-order valence-electron chi connectivity index (χ4n) is 2.49. The SMILES string of the molecule is CCOC(=O)c1cnc(CS(=O)c2nc3ccccc3[nH]2)nc1N(C)CC. The Balaban J connectivity index is 1.87. The topological polar surface area (TPSA) is 101 Å². The predicted octanol–water partition coefficient (Wildman–Crippen LogP) is 2.29. The molecule has 3 rings (SSSR count). The summed E-state index contributed by atoms with van der Waals surface area (Å²) >= 11 is 0. The number of hydrogen-bond acceptors (Lipinski definition) is 7. The van der Waals surface area contributed by atoms with Gasteiger partial charge in [0.25, 0.3) is 0 Å². The van der Waals surface area contributed by atoms with Crippen molar-refractivity contribution in [1.29, 1.82) is 0 Å². The largest absolute Gasteiger partial charge is 0.462 e. The number of nitrogens with one attached hydrogen (secondary N) is 1. The summed E-state index contributed by atoms with van der Waals surface area (Å²) in [5.41, 5.74) is 1.87. The number of anilines is 1. The van der Waals surface area contributed by atoms with Gasteiger partial charge in [-0.3, -0.25) is 4.21 Å². The van der Waals surface area contributed by atoms with Crippen molar-refractivity contribution < 1.29 is 13.7 Å². The highest BCUT2D eigenvalue weighted by atomic mass is 32.2. The Morgan fingerprint density at radius 1 is 1.26 bits per heavy atom. The highest BCUT2D eigenvalue weighted by molar-refractivity contribution is 7.84. The molecule has 3 aromatic rings. The van der Waals surface area contributed by atoms with Crippen LogP contribution in [0.15, 0.2) is 35.6 Å². The summed E-state index contributed by atoms with van der Waals surface area (Å²) < 4.78 is 17.8. The van der Waals surface area contributed by atoms with E-state index in [1.165, 1.54) is 6.20 Å². The molecule has 2 aromatic heterocycles. The normalized spacial score (nSPS) is 12.1. The van der Waals surface area contributed by atoms with Crippen LogP contribution >= 0.6 is 0 Å². The molecule has 0 aliphatic heterocycles. The molecule has 0 aliphatic carbocycles. The second-order valence-electron chi connectivity index (χ2n) is 5.81. The van der Waals surface area contributed by atoms with Crippen molar-refractivity contribution in [3.8, 4) is 0 Å². The molecule has 0 bridgehead atoms. The summed E-state index contributed by atoms with van der Waals surface area (Å²) in [7, 11) is 0.387. The minimum Gasteiger partial charge on any atom is -0.462 e. The molecule has 0 fully saturated rings. The van der Waals surface area contributed by atoms with Crippen LogP contribution in [0.1, 0.15) is 30.0 Å². The van der Waals surface area contributed by atoms with E-state index in [0.29, 0.717) is 28.9 Å². The first kappa shape index (κ1) is 19.0. The van der Waals surface area contributed by atoms with Gasteiger partial charge in [-0.15, -0.1) is 0 Å². The van der Waals surface area contributed by atoms with Crippen molar-refractivity contribution in [2.24, 2.45) is 0 Å². The lowest BCUT2D eigenvalue weighted by Gasteiger charge is -2.19. The quantitative estimate of drug-likeness (QED) is 0.621. The van der Waals surface area contributed by atoms with Crippen molar-refractivity contribution in [2.45, 2.75) is 24.8 Å². The number of esters is 1. The first-order valence-electron chi connectivity index (χ1n) is 8.60. The van der Waals surface area contributed by atoms with E-state index in [4.69, 9.17) is 4.74 Å². The van der Waals surface area contributed by atoms with Crippen molar-refractivity contribution in [3.05, 3.63) is 41.9 Å². The Kier molecular flexibility index (Phi) is 5.80. The third-order valence-corrected chi connectivity index (χ3v) is 5.14. The molecule has 1 unspecified atom stereocenters. The van der Waals surface area contributed by atoms with E-state index < -0.39 is 16.8 Å². The van der Waals surface area contributed by atoms with Crippen LogP contribution in [0, 0.1) is 0 Å². The van der Waals surface area contributed by atoms with Crippen LogP contribution in [-0.4, -0.2) is 50.3 Å². The zero-order valence-corrected chi connectivity index (χ0v) is 16.2. The summed E-state index contributed by atoms with van der Waals surface area (Å²) in [6.45, 7) is 4.61. The van der Waals surface area contributed by atoms with Crippen LogP contribution in [-0.2, 0) is 21.3 Å². The van der Waals surface area contributed by atoms with Gasteiger partial charge in [-0.2, -0.15) is 0 Å². The smallest absolute Gasteiger partial charge is 0.343 e. The Hall–Kier alpha value is -2.81. The van der Waals surface area contributed by atoms with Gasteiger partial charge in [0.1, 0.15) is 17.2 Å². The maximum Gasteiger partial charge on any atom is 0.343 e. The highest BCUT2D eigenvalue weighted by Gasteiger charge is 2.20. The van der Waals surface area contributed by atoms with Gasteiger partial charge in [0.15, 0.2) is 5.16 Å². The Morgan fingerprint density at radius 2 is 2.04 bits per heavy atom. The maximum atomic E-state index is 12.7. The molecule has 27 heavy (non-hydrogen) atoms. The van der Waals surface area contributed by atoms with Gasteiger partial charge in [-0.25, -0.2) is 19.7 Å². The van der Waals surface area contributed by atoms with E-state index in [1.54, 1.807) is 6.92 Å². The second kappa shape index (κ2) is 8.26.